The average molecular weight is 259 g/mol. The molecule has 2 heterocycles. The average Bonchev–Trinajstić information content (AvgIpc) is 2.91. The number of aromatic nitrogens is 1. The number of hydrogen-bond donors (Lipinski definition) is 1. The number of carbonyl (C=O) groups is 1. The number of nitrogens with zero attached hydrogens (tertiary/aromatic N) is 2. The number of fused-ring (bicyclic) bond motifs is 1. The molecule has 1 aromatic heterocycles. The Morgan fingerprint density at radius 1 is 1.37 bits per heavy atom. The zero-order chi connectivity index (χ0) is 13.6. The van der Waals surface area contributed by atoms with Crippen LogP contribution in [0.2, 0.25) is 0 Å². The third kappa shape index (κ3) is 2.14. The summed E-state index contributed by atoms with van der Waals surface area (Å²) in [5.41, 5.74) is 8.77. The second-order valence-electron chi connectivity index (χ2n) is 6.05. The third-order valence-corrected chi connectivity index (χ3v) is 4.62. The topological polar surface area (TPSA) is 59.2 Å². The summed E-state index contributed by atoms with van der Waals surface area (Å²) in [4.78, 5) is 18.8. The van der Waals surface area contributed by atoms with Crippen LogP contribution in [0, 0.1) is 25.7 Å². The van der Waals surface area contributed by atoms with Gasteiger partial charge in [-0.3, -0.25) is 9.78 Å². The van der Waals surface area contributed by atoms with Crippen molar-refractivity contribution < 1.29 is 4.79 Å². The van der Waals surface area contributed by atoms with Crippen molar-refractivity contribution in [3.8, 4) is 0 Å². The van der Waals surface area contributed by atoms with Crippen LogP contribution >= 0.6 is 0 Å². The Morgan fingerprint density at radius 3 is 2.84 bits per heavy atom. The normalized spacial score (nSPS) is 29.6. The second kappa shape index (κ2) is 4.60. The fourth-order valence-electron chi connectivity index (χ4n) is 3.56. The van der Waals surface area contributed by atoms with Crippen LogP contribution in [0.5, 0.6) is 0 Å². The van der Waals surface area contributed by atoms with E-state index < -0.39 is 0 Å². The van der Waals surface area contributed by atoms with Gasteiger partial charge >= 0.3 is 0 Å². The van der Waals surface area contributed by atoms with E-state index in [0.29, 0.717) is 17.5 Å². The number of likely N-dealkylation sites (tertiary alicyclic amines) is 1. The van der Waals surface area contributed by atoms with E-state index >= 15 is 0 Å². The second-order valence-corrected chi connectivity index (χ2v) is 6.05. The zero-order valence-corrected chi connectivity index (χ0v) is 11.6. The van der Waals surface area contributed by atoms with Crippen LogP contribution < -0.4 is 5.73 Å². The summed E-state index contributed by atoms with van der Waals surface area (Å²) in [5, 5.41) is 0. The predicted octanol–water partition coefficient (Wildman–Crippen LogP) is 1.51. The van der Waals surface area contributed by atoms with Crippen molar-refractivity contribution in [3.05, 3.63) is 29.1 Å². The molecule has 2 N–H and O–H groups in total. The summed E-state index contributed by atoms with van der Waals surface area (Å²) in [5.74, 6) is 1.17. The molecular formula is C15H21N3O. The van der Waals surface area contributed by atoms with Gasteiger partial charge in [0.1, 0.15) is 5.69 Å². The van der Waals surface area contributed by atoms with Crippen molar-refractivity contribution >= 4 is 5.91 Å². The van der Waals surface area contributed by atoms with Gasteiger partial charge in [0.15, 0.2) is 0 Å². The van der Waals surface area contributed by atoms with Gasteiger partial charge in [0.05, 0.1) is 0 Å². The Morgan fingerprint density at radius 2 is 2.16 bits per heavy atom. The minimum atomic E-state index is 0.0686. The monoisotopic (exact) mass is 259 g/mol. The Labute approximate surface area is 114 Å². The van der Waals surface area contributed by atoms with E-state index in [1.807, 2.05) is 24.8 Å². The predicted molar refractivity (Wildman–Crippen MR) is 73.8 cm³/mol. The molecule has 1 saturated heterocycles. The highest BCUT2D eigenvalue weighted by Gasteiger charge is 2.42. The molecule has 1 aliphatic heterocycles. The van der Waals surface area contributed by atoms with E-state index in [2.05, 4.69) is 4.98 Å². The Hall–Kier alpha value is -1.42. The summed E-state index contributed by atoms with van der Waals surface area (Å²) in [6, 6.07) is 2.29. The van der Waals surface area contributed by atoms with Crippen LogP contribution in [-0.4, -0.2) is 34.9 Å². The first kappa shape index (κ1) is 12.6. The van der Waals surface area contributed by atoms with Crippen molar-refractivity contribution in [2.75, 3.05) is 13.1 Å². The highest BCUT2D eigenvalue weighted by molar-refractivity contribution is 5.93. The molecule has 3 rings (SSSR count). The van der Waals surface area contributed by atoms with E-state index in [0.717, 1.165) is 37.1 Å². The molecule has 3 atom stereocenters. The van der Waals surface area contributed by atoms with Crippen molar-refractivity contribution in [1.29, 1.82) is 0 Å². The molecule has 2 aliphatic rings. The highest BCUT2D eigenvalue weighted by Crippen LogP contribution is 2.37. The van der Waals surface area contributed by atoms with E-state index in [9.17, 15) is 4.79 Å². The van der Waals surface area contributed by atoms with Crippen molar-refractivity contribution in [3.63, 3.8) is 0 Å². The molecule has 1 aliphatic carbocycles. The fraction of sp³-hybridized carbons (Fsp3) is 0.600. The molecule has 102 valence electrons. The SMILES string of the molecule is Cc1cnc(C(=O)N2CC3CCC(N)C3C2)c(C)c1. The van der Waals surface area contributed by atoms with E-state index in [1.54, 1.807) is 6.20 Å². The first-order valence-electron chi connectivity index (χ1n) is 7.04. The van der Waals surface area contributed by atoms with Gasteiger partial charge in [0.2, 0.25) is 0 Å². The summed E-state index contributed by atoms with van der Waals surface area (Å²) in [7, 11) is 0. The maximum absolute atomic E-state index is 12.5. The Balaban J connectivity index is 1.78. The van der Waals surface area contributed by atoms with Crippen LogP contribution in [0.3, 0.4) is 0 Å². The Kier molecular flexibility index (Phi) is 3.05. The lowest BCUT2D eigenvalue weighted by molar-refractivity contribution is 0.0773. The molecule has 0 spiro atoms. The number of hydrogen-bond acceptors (Lipinski definition) is 3. The summed E-state index contributed by atoms with van der Waals surface area (Å²) < 4.78 is 0. The number of rotatable bonds is 1. The van der Waals surface area contributed by atoms with E-state index in [1.165, 1.54) is 0 Å². The molecule has 19 heavy (non-hydrogen) atoms. The first-order valence-corrected chi connectivity index (χ1v) is 7.04. The van der Waals surface area contributed by atoms with Crippen molar-refractivity contribution in [1.82, 2.24) is 9.88 Å². The van der Waals surface area contributed by atoms with Crippen LogP contribution in [0.4, 0.5) is 0 Å². The van der Waals surface area contributed by atoms with E-state index in [-0.39, 0.29) is 11.9 Å². The standard InChI is InChI=1S/C15H21N3O/c1-9-5-10(2)14(17-6-9)15(19)18-7-11-3-4-13(16)12(11)8-18/h5-6,11-13H,3-4,7-8,16H2,1-2H3. The van der Waals surface area contributed by atoms with Gasteiger partial charge in [0.25, 0.3) is 5.91 Å². The smallest absolute Gasteiger partial charge is 0.272 e. The largest absolute Gasteiger partial charge is 0.337 e. The Bertz CT molecular complexity index is 514. The third-order valence-electron chi connectivity index (χ3n) is 4.62. The van der Waals surface area contributed by atoms with Gasteiger partial charge < -0.3 is 10.6 Å². The first-order chi connectivity index (χ1) is 9.06. The van der Waals surface area contributed by atoms with Gasteiger partial charge in [-0.25, -0.2) is 0 Å². The maximum atomic E-state index is 12.5. The molecule has 1 aromatic rings. The number of amides is 1. The fourth-order valence-corrected chi connectivity index (χ4v) is 3.56. The number of carbonyl (C=O) groups excluding carboxylic acids is 1. The lowest BCUT2D eigenvalue weighted by Crippen LogP contribution is -2.34. The lowest BCUT2D eigenvalue weighted by Gasteiger charge is -2.19. The maximum Gasteiger partial charge on any atom is 0.272 e. The van der Waals surface area contributed by atoms with Crippen LogP contribution in [0.1, 0.15) is 34.5 Å². The minimum Gasteiger partial charge on any atom is -0.337 e. The van der Waals surface area contributed by atoms with Gasteiger partial charge in [0, 0.05) is 25.3 Å². The molecule has 4 heteroatoms. The van der Waals surface area contributed by atoms with Crippen LogP contribution in [0.15, 0.2) is 12.3 Å². The van der Waals surface area contributed by atoms with Gasteiger partial charge in [-0.05, 0) is 49.7 Å². The van der Waals surface area contributed by atoms with Crippen LogP contribution in [0.25, 0.3) is 0 Å². The number of pyridine rings is 1. The lowest BCUT2D eigenvalue weighted by atomic mass is 9.98. The summed E-state index contributed by atoms with van der Waals surface area (Å²) >= 11 is 0. The quantitative estimate of drug-likeness (QED) is 0.831. The van der Waals surface area contributed by atoms with Crippen molar-refractivity contribution in [2.24, 2.45) is 17.6 Å². The summed E-state index contributed by atoms with van der Waals surface area (Å²) in [6.45, 7) is 5.61. The number of nitrogens with two attached hydrogens (primary N) is 1. The van der Waals surface area contributed by atoms with E-state index in [4.69, 9.17) is 5.73 Å². The van der Waals surface area contributed by atoms with Gasteiger partial charge in [-0.2, -0.15) is 0 Å². The molecule has 3 unspecified atom stereocenters. The molecule has 0 radical (unpaired) electrons. The minimum absolute atomic E-state index is 0.0686. The molecular weight excluding hydrogens is 238 g/mol. The molecule has 2 fully saturated rings. The zero-order valence-electron chi connectivity index (χ0n) is 11.6. The molecule has 1 amide bonds. The van der Waals surface area contributed by atoms with Crippen molar-refractivity contribution in [2.45, 2.75) is 32.7 Å². The van der Waals surface area contributed by atoms with Gasteiger partial charge in [-0.1, -0.05) is 6.07 Å². The van der Waals surface area contributed by atoms with Gasteiger partial charge in [-0.15, -0.1) is 0 Å². The summed E-state index contributed by atoms with van der Waals surface area (Å²) in [6.07, 6.45) is 4.04. The van der Waals surface area contributed by atoms with Crippen LogP contribution in [-0.2, 0) is 0 Å². The number of aryl methyl sites for hydroxylation is 2. The molecule has 0 aromatic carbocycles. The highest BCUT2D eigenvalue weighted by atomic mass is 16.2. The molecule has 0 bridgehead atoms. The molecule has 1 saturated carbocycles. The molecule has 4 nitrogen and oxygen atoms in total.